The number of amides is 1. The summed E-state index contributed by atoms with van der Waals surface area (Å²) in [6.45, 7) is 2.07. The normalized spacial score (nSPS) is 13.2. The number of carbonyl (C=O) groups excluding carboxylic acids is 1. The molecular formula is C28H33N3O8S2. The van der Waals surface area contributed by atoms with E-state index in [-0.39, 0.29) is 27.8 Å². The van der Waals surface area contributed by atoms with Crippen LogP contribution in [0, 0.1) is 0 Å². The largest absolute Gasteiger partial charge is 0.494 e. The van der Waals surface area contributed by atoms with E-state index >= 15 is 0 Å². The van der Waals surface area contributed by atoms with Gasteiger partial charge in [0.1, 0.15) is 12.3 Å². The van der Waals surface area contributed by atoms with E-state index < -0.39 is 32.5 Å². The molecule has 0 aromatic heterocycles. The van der Waals surface area contributed by atoms with Gasteiger partial charge >= 0.3 is 0 Å². The molecule has 41 heavy (non-hydrogen) atoms. The van der Waals surface area contributed by atoms with E-state index in [0.29, 0.717) is 35.8 Å². The van der Waals surface area contributed by atoms with Gasteiger partial charge in [0.25, 0.3) is 10.0 Å². The number of sulfonamides is 2. The number of fused-ring (bicyclic) bond motifs is 1. The first-order valence-electron chi connectivity index (χ1n) is 12.8. The number of rotatable bonds is 11. The van der Waals surface area contributed by atoms with Crippen LogP contribution in [0.4, 0.5) is 11.4 Å². The lowest BCUT2D eigenvalue weighted by Crippen LogP contribution is -2.42. The summed E-state index contributed by atoms with van der Waals surface area (Å²) < 4.78 is 71.4. The maximum atomic E-state index is 14.0. The zero-order valence-corrected chi connectivity index (χ0v) is 25.2. The molecular weight excluding hydrogens is 570 g/mol. The highest BCUT2D eigenvalue weighted by Gasteiger charge is 2.33. The Kier molecular flexibility index (Phi) is 8.80. The molecule has 3 aromatic carbocycles. The zero-order valence-electron chi connectivity index (χ0n) is 23.5. The molecule has 11 nitrogen and oxygen atoms in total. The summed E-state index contributed by atoms with van der Waals surface area (Å²) >= 11 is 0. The van der Waals surface area contributed by atoms with Crippen molar-refractivity contribution in [1.82, 2.24) is 4.31 Å². The minimum absolute atomic E-state index is 0.0859. The fourth-order valence-corrected chi connectivity index (χ4v) is 6.89. The van der Waals surface area contributed by atoms with Crippen molar-refractivity contribution in [3.05, 3.63) is 66.2 Å². The molecule has 0 aliphatic carbocycles. The topological polar surface area (TPSA) is 123 Å². The molecule has 0 saturated carbocycles. The lowest BCUT2D eigenvalue weighted by Gasteiger charge is -2.27. The smallest absolute Gasteiger partial charge is 0.264 e. The van der Waals surface area contributed by atoms with Gasteiger partial charge in [-0.25, -0.2) is 21.1 Å². The summed E-state index contributed by atoms with van der Waals surface area (Å²) in [5.74, 6) is 0.677. The first-order valence-corrected chi connectivity index (χ1v) is 15.7. The van der Waals surface area contributed by atoms with Gasteiger partial charge in [-0.2, -0.15) is 0 Å². The van der Waals surface area contributed by atoms with Crippen LogP contribution in [0.25, 0.3) is 0 Å². The molecule has 1 heterocycles. The van der Waals surface area contributed by atoms with E-state index in [2.05, 4.69) is 0 Å². The molecule has 4 rings (SSSR count). The van der Waals surface area contributed by atoms with E-state index in [0.717, 1.165) is 8.61 Å². The van der Waals surface area contributed by atoms with Crippen molar-refractivity contribution < 1.29 is 35.8 Å². The highest BCUT2D eigenvalue weighted by Crippen LogP contribution is 2.34. The Hall–Kier alpha value is -3.81. The minimum Gasteiger partial charge on any atom is -0.494 e. The molecule has 0 bridgehead atoms. The van der Waals surface area contributed by atoms with Crippen molar-refractivity contribution in [2.45, 2.75) is 23.1 Å². The van der Waals surface area contributed by atoms with E-state index in [4.69, 9.17) is 14.2 Å². The Bertz CT molecular complexity index is 1640. The van der Waals surface area contributed by atoms with E-state index in [1.165, 1.54) is 57.5 Å². The summed E-state index contributed by atoms with van der Waals surface area (Å²) in [5.41, 5.74) is 1.50. The number of hydrogen-bond acceptors (Lipinski definition) is 8. The third kappa shape index (κ3) is 5.97. The number of hydrogen-bond donors (Lipinski definition) is 0. The highest BCUT2D eigenvalue weighted by atomic mass is 32.2. The second kappa shape index (κ2) is 12.0. The van der Waals surface area contributed by atoms with Crippen LogP contribution >= 0.6 is 0 Å². The fourth-order valence-electron chi connectivity index (χ4n) is 4.51. The van der Waals surface area contributed by atoms with Gasteiger partial charge < -0.3 is 19.1 Å². The van der Waals surface area contributed by atoms with Gasteiger partial charge in [-0.05, 0) is 73.5 Å². The SMILES string of the molecule is CCOc1ccc(N(CC(=O)N2CCc3cc(S(=O)(=O)N(C)C)ccc32)S(=O)(=O)c2ccc(OC)c(OC)c2)cc1. The Labute approximate surface area is 240 Å². The second-order valence-electron chi connectivity index (χ2n) is 9.33. The van der Waals surface area contributed by atoms with Crippen molar-refractivity contribution in [3.63, 3.8) is 0 Å². The quantitative estimate of drug-likeness (QED) is 0.328. The third-order valence-corrected chi connectivity index (χ3v) is 10.3. The Morgan fingerprint density at radius 1 is 0.854 bits per heavy atom. The van der Waals surface area contributed by atoms with Gasteiger partial charge in [-0.3, -0.25) is 9.10 Å². The minimum atomic E-state index is -4.25. The van der Waals surface area contributed by atoms with Crippen LogP contribution in [0.1, 0.15) is 12.5 Å². The van der Waals surface area contributed by atoms with Gasteiger partial charge in [0.2, 0.25) is 15.9 Å². The monoisotopic (exact) mass is 603 g/mol. The maximum absolute atomic E-state index is 14.0. The molecule has 1 aliphatic rings. The molecule has 0 N–H and O–H groups in total. The van der Waals surface area contributed by atoms with Crippen LogP contribution in [-0.4, -0.2) is 75.1 Å². The Morgan fingerprint density at radius 3 is 2.10 bits per heavy atom. The molecule has 220 valence electrons. The first kappa shape index (κ1) is 30.2. The van der Waals surface area contributed by atoms with Crippen LogP contribution in [0.3, 0.4) is 0 Å². The first-order chi connectivity index (χ1) is 19.4. The highest BCUT2D eigenvalue weighted by molar-refractivity contribution is 7.92. The van der Waals surface area contributed by atoms with Gasteiger partial charge in [-0.1, -0.05) is 0 Å². The van der Waals surface area contributed by atoms with E-state index in [1.54, 1.807) is 36.4 Å². The summed E-state index contributed by atoms with van der Waals surface area (Å²) in [6.07, 6.45) is 0.434. The number of ether oxygens (including phenoxy) is 3. The van der Waals surface area contributed by atoms with Gasteiger partial charge in [0, 0.05) is 32.4 Å². The lowest BCUT2D eigenvalue weighted by molar-refractivity contribution is -0.117. The Balaban J connectivity index is 1.71. The molecule has 0 spiro atoms. The van der Waals surface area contributed by atoms with Crippen molar-refractivity contribution in [2.24, 2.45) is 0 Å². The van der Waals surface area contributed by atoms with Crippen LogP contribution in [-0.2, 0) is 31.3 Å². The van der Waals surface area contributed by atoms with Crippen molar-refractivity contribution >= 4 is 37.3 Å². The van der Waals surface area contributed by atoms with Crippen molar-refractivity contribution in [2.75, 3.05) is 57.2 Å². The van der Waals surface area contributed by atoms with Crippen LogP contribution < -0.4 is 23.4 Å². The van der Waals surface area contributed by atoms with Gasteiger partial charge in [0.15, 0.2) is 11.5 Å². The average molecular weight is 604 g/mol. The summed E-state index contributed by atoms with van der Waals surface area (Å²) in [5, 5.41) is 0. The summed E-state index contributed by atoms with van der Waals surface area (Å²) in [6, 6.07) is 15.2. The summed E-state index contributed by atoms with van der Waals surface area (Å²) in [4.78, 5) is 15.2. The number of methoxy groups -OCH3 is 2. The summed E-state index contributed by atoms with van der Waals surface area (Å²) in [7, 11) is -2.14. The maximum Gasteiger partial charge on any atom is 0.264 e. The number of carbonyl (C=O) groups is 1. The fraction of sp³-hybridized carbons (Fsp3) is 0.321. The lowest BCUT2D eigenvalue weighted by atomic mass is 10.2. The van der Waals surface area contributed by atoms with Crippen molar-refractivity contribution in [1.29, 1.82) is 0 Å². The molecule has 0 unspecified atom stereocenters. The van der Waals surface area contributed by atoms with Crippen LogP contribution in [0.5, 0.6) is 17.2 Å². The molecule has 0 radical (unpaired) electrons. The molecule has 0 atom stereocenters. The molecule has 1 aliphatic heterocycles. The molecule has 13 heteroatoms. The molecule has 3 aromatic rings. The number of nitrogens with zero attached hydrogens (tertiary/aromatic N) is 3. The predicted molar refractivity (Wildman–Crippen MR) is 155 cm³/mol. The molecule has 1 amide bonds. The van der Waals surface area contributed by atoms with Crippen molar-refractivity contribution in [3.8, 4) is 17.2 Å². The predicted octanol–water partition coefficient (Wildman–Crippen LogP) is 3.14. The van der Waals surface area contributed by atoms with Gasteiger partial charge in [-0.15, -0.1) is 0 Å². The second-order valence-corrected chi connectivity index (χ2v) is 13.3. The standard InChI is InChI=1S/C28H33N3O8S2/c1-6-39-22-9-7-21(8-10-22)31(41(35,36)24-12-14-26(37-4)27(18-24)38-5)19-28(32)30-16-15-20-17-23(11-13-25(20)30)40(33,34)29(2)3/h7-14,17-18H,6,15-16,19H2,1-5H3. The van der Waals surface area contributed by atoms with E-state index in [9.17, 15) is 21.6 Å². The van der Waals surface area contributed by atoms with E-state index in [1.807, 2.05) is 6.92 Å². The number of benzene rings is 3. The molecule has 0 saturated heterocycles. The van der Waals surface area contributed by atoms with Crippen LogP contribution in [0.15, 0.2) is 70.5 Å². The van der Waals surface area contributed by atoms with Gasteiger partial charge in [0.05, 0.1) is 36.3 Å². The van der Waals surface area contributed by atoms with Crippen LogP contribution in [0.2, 0.25) is 0 Å². The molecule has 0 fully saturated rings. The number of anilines is 2. The average Bonchev–Trinajstić information content (AvgIpc) is 3.39. The Morgan fingerprint density at radius 2 is 1.49 bits per heavy atom. The zero-order chi connectivity index (χ0) is 29.9. The third-order valence-electron chi connectivity index (χ3n) is 6.68.